The predicted octanol–water partition coefficient (Wildman–Crippen LogP) is 1.64. The van der Waals surface area contributed by atoms with Crippen LogP contribution in [0.3, 0.4) is 0 Å². The molecule has 2 N–H and O–H groups in total. The SMILES string of the molecule is COc1ccc(C)c(N=CNO)c1. The van der Waals surface area contributed by atoms with E-state index in [4.69, 9.17) is 9.94 Å². The molecule has 70 valence electrons. The van der Waals surface area contributed by atoms with E-state index in [0.29, 0.717) is 0 Å². The fraction of sp³-hybridized carbons (Fsp3) is 0.222. The number of hydroxylamine groups is 1. The van der Waals surface area contributed by atoms with Gasteiger partial charge in [-0.25, -0.2) is 4.99 Å². The summed E-state index contributed by atoms with van der Waals surface area (Å²) in [5.74, 6) is 0.746. The highest BCUT2D eigenvalue weighted by atomic mass is 16.5. The molecule has 0 aliphatic rings. The molecule has 1 aromatic carbocycles. The minimum absolute atomic E-state index is 0.746. The summed E-state index contributed by atoms with van der Waals surface area (Å²) in [5, 5.41) is 8.31. The number of methoxy groups -OCH3 is 1. The number of aryl methyl sites for hydroxylation is 1. The van der Waals surface area contributed by atoms with Crippen LogP contribution in [0.15, 0.2) is 23.2 Å². The molecule has 0 aliphatic heterocycles. The van der Waals surface area contributed by atoms with E-state index >= 15 is 0 Å². The minimum atomic E-state index is 0.746. The van der Waals surface area contributed by atoms with Gasteiger partial charge < -0.3 is 4.74 Å². The summed E-state index contributed by atoms with van der Waals surface area (Å²) in [6.07, 6.45) is 1.21. The van der Waals surface area contributed by atoms with Crippen molar-refractivity contribution < 1.29 is 9.94 Å². The predicted molar refractivity (Wildman–Crippen MR) is 50.8 cm³/mol. The second-order valence-corrected chi connectivity index (χ2v) is 2.54. The van der Waals surface area contributed by atoms with Crippen molar-refractivity contribution >= 4 is 12.0 Å². The van der Waals surface area contributed by atoms with Crippen LogP contribution in [0.5, 0.6) is 5.75 Å². The first-order chi connectivity index (χ1) is 6.27. The zero-order chi connectivity index (χ0) is 9.68. The van der Waals surface area contributed by atoms with Crippen molar-refractivity contribution in [2.24, 2.45) is 4.99 Å². The molecule has 0 atom stereocenters. The second-order valence-electron chi connectivity index (χ2n) is 2.54. The summed E-state index contributed by atoms with van der Waals surface area (Å²) >= 11 is 0. The van der Waals surface area contributed by atoms with Crippen LogP contribution in [0.4, 0.5) is 5.69 Å². The zero-order valence-corrected chi connectivity index (χ0v) is 7.61. The van der Waals surface area contributed by atoms with Gasteiger partial charge in [-0.2, -0.15) is 0 Å². The van der Waals surface area contributed by atoms with Crippen molar-refractivity contribution in [3.8, 4) is 5.75 Å². The Labute approximate surface area is 76.8 Å². The van der Waals surface area contributed by atoms with Crippen molar-refractivity contribution in [3.05, 3.63) is 23.8 Å². The smallest absolute Gasteiger partial charge is 0.121 e. The van der Waals surface area contributed by atoms with Gasteiger partial charge in [0.15, 0.2) is 0 Å². The third-order valence-electron chi connectivity index (χ3n) is 1.68. The van der Waals surface area contributed by atoms with E-state index in [-0.39, 0.29) is 0 Å². The molecule has 4 heteroatoms. The average molecular weight is 180 g/mol. The maximum Gasteiger partial charge on any atom is 0.121 e. The standard InChI is InChI=1S/C9H12N2O2/c1-7-3-4-8(13-2)5-9(7)10-6-11-12/h3-6,12H,1-2H3,(H,10,11). The van der Waals surface area contributed by atoms with Gasteiger partial charge in [-0.05, 0) is 18.6 Å². The Morgan fingerprint density at radius 1 is 1.54 bits per heavy atom. The molecular weight excluding hydrogens is 168 g/mol. The molecule has 1 rings (SSSR count). The first-order valence-electron chi connectivity index (χ1n) is 3.84. The summed E-state index contributed by atoms with van der Waals surface area (Å²) in [5.41, 5.74) is 3.63. The summed E-state index contributed by atoms with van der Waals surface area (Å²) in [4.78, 5) is 3.97. The Bertz CT molecular complexity index is 310. The quantitative estimate of drug-likeness (QED) is 0.422. The minimum Gasteiger partial charge on any atom is -0.497 e. The molecule has 0 aromatic heterocycles. The van der Waals surface area contributed by atoms with Gasteiger partial charge in [-0.15, -0.1) is 0 Å². The van der Waals surface area contributed by atoms with Crippen molar-refractivity contribution in [3.63, 3.8) is 0 Å². The van der Waals surface area contributed by atoms with E-state index in [1.165, 1.54) is 6.34 Å². The van der Waals surface area contributed by atoms with Crippen LogP contribution >= 0.6 is 0 Å². The lowest BCUT2D eigenvalue weighted by atomic mass is 10.2. The number of aliphatic imine (C=N–C) groups is 1. The molecule has 1 aromatic rings. The molecule has 0 fully saturated rings. The molecule has 0 saturated carbocycles. The number of rotatable bonds is 3. The molecule has 0 heterocycles. The van der Waals surface area contributed by atoms with Gasteiger partial charge in [0.05, 0.1) is 12.8 Å². The number of nitrogens with zero attached hydrogens (tertiary/aromatic N) is 1. The van der Waals surface area contributed by atoms with Gasteiger partial charge in [0.1, 0.15) is 12.1 Å². The fourth-order valence-electron chi connectivity index (χ4n) is 0.954. The zero-order valence-electron chi connectivity index (χ0n) is 7.61. The van der Waals surface area contributed by atoms with Gasteiger partial charge in [-0.3, -0.25) is 10.7 Å². The summed E-state index contributed by atoms with van der Waals surface area (Å²) in [6.45, 7) is 1.93. The van der Waals surface area contributed by atoms with Gasteiger partial charge in [-0.1, -0.05) is 6.07 Å². The van der Waals surface area contributed by atoms with Crippen molar-refractivity contribution in [2.45, 2.75) is 6.92 Å². The number of benzene rings is 1. The van der Waals surface area contributed by atoms with E-state index < -0.39 is 0 Å². The lowest BCUT2D eigenvalue weighted by molar-refractivity contribution is 0.240. The van der Waals surface area contributed by atoms with Crippen molar-refractivity contribution in [1.82, 2.24) is 5.48 Å². The highest BCUT2D eigenvalue weighted by Crippen LogP contribution is 2.23. The third-order valence-corrected chi connectivity index (χ3v) is 1.68. The van der Waals surface area contributed by atoms with Crippen LogP contribution in [0.2, 0.25) is 0 Å². The van der Waals surface area contributed by atoms with Crippen LogP contribution in [-0.2, 0) is 0 Å². The molecular formula is C9H12N2O2. The summed E-state index contributed by atoms with van der Waals surface area (Å²) < 4.78 is 5.03. The van der Waals surface area contributed by atoms with Crippen LogP contribution in [0.25, 0.3) is 0 Å². The highest BCUT2D eigenvalue weighted by Gasteiger charge is 1.97. The summed E-state index contributed by atoms with van der Waals surface area (Å²) in [7, 11) is 1.60. The first-order valence-corrected chi connectivity index (χ1v) is 3.84. The van der Waals surface area contributed by atoms with Gasteiger partial charge in [0, 0.05) is 6.07 Å². The molecule has 0 spiro atoms. The Morgan fingerprint density at radius 3 is 2.92 bits per heavy atom. The second kappa shape index (κ2) is 4.47. The maximum absolute atomic E-state index is 8.31. The van der Waals surface area contributed by atoms with Crippen LogP contribution in [0, 0.1) is 6.92 Å². The van der Waals surface area contributed by atoms with Crippen molar-refractivity contribution in [1.29, 1.82) is 0 Å². The highest BCUT2D eigenvalue weighted by molar-refractivity contribution is 5.62. The van der Waals surface area contributed by atoms with Crippen molar-refractivity contribution in [2.75, 3.05) is 7.11 Å². The van der Waals surface area contributed by atoms with E-state index in [0.717, 1.165) is 17.0 Å². The molecule has 4 nitrogen and oxygen atoms in total. The van der Waals surface area contributed by atoms with E-state index in [2.05, 4.69) is 4.99 Å². The molecule has 0 saturated heterocycles. The number of ether oxygens (including phenoxy) is 1. The maximum atomic E-state index is 8.31. The number of hydrogen-bond donors (Lipinski definition) is 2. The topological polar surface area (TPSA) is 53.8 Å². The molecule has 13 heavy (non-hydrogen) atoms. The molecule has 0 radical (unpaired) electrons. The lowest BCUT2D eigenvalue weighted by Crippen LogP contribution is -2.01. The van der Waals surface area contributed by atoms with Gasteiger partial charge in [0.2, 0.25) is 0 Å². The van der Waals surface area contributed by atoms with Crippen LogP contribution in [-0.4, -0.2) is 18.7 Å². The molecule has 0 amide bonds. The molecule has 0 unspecified atom stereocenters. The number of hydrogen-bond acceptors (Lipinski definition) is 3. The van der Waals surface area contributed by atoms with Gasteiger partial charge in [0.25, 0.3) is 0 Å². The Hall–Kier alpha value is -1.55. The first kappa shape index (κ1) is 9.54. The monoisotopic (exact) mass is 180 g/mol. The fourth-order valence-corrected chi connectivity index (χ4v) is 0.954. The Kier molecular flexibility index (Phi) is 3.28. The largest absolute Gasteiger partial charge is 0.497 e. The lowest BCUT2D eigenvalue weighted by Gasteiger charge is -2.03. The number of nitrogens with one attached hydrogen (secondary N) is 1. The summed E-state index contributed by atoms with van der Waals surface area (Å²) in [6, 6.07) is 5.56. The van der Waals surface area contributed by atoms with Crippen LogP contribution in [0.1, 0.15) is 5.56 Å². The van der Waals surface area contributed by atoms with E-state index in [1.54, 1.807) is 13.2 Å². The van der Waals surface area contributed by atoms with Gasteiger partial charge >= 0.3 is 0 Å². The average Bonchev–Trinajstić information content (AvgIpc) is 2.17. The van der Waals surface area contributed by atoms with Crippen LogP contribution < -0.4 is 10.2 Å². The Morgan fingerprint density at radius 2 is 2.31 bits per heavy atom. The molecule has 0 aliphatic carbocycles. The Balaban J connectivity index is 2.97. The third kappa shape index (κ3) is 2.45. The van der Waals surface area contributed by atoms with E-state index in [1.807, 2.05) is 24.5 Å². The molecule has 0 bridgehead atoms. The van der Waals surface area contributed by atoms with E-state index in [9.17, 15) is 0 Å². The normalized spacial score (nSPS) is 10.4.